The van der Waals surface area contributed by atoms with Gasteiger partial charge in [0.25, 0.3) is 0 Å². The number of nitrogens with zero attached hydrogens (tertiary/aromatic N) is 2. The van der Waals surface area contributed by atoms with E-state index in [0.717, 1.165) is 5.52 Å². The van der Waals surface area contributed by atoms with Crippen molar-refractivity contribution in [3.8, 4) is 5.75 Å². The highest BCUT2D eigenvalue weighted by atomic mass is 16.5. The number of hydrogen-bond acceptors (Lipinski definition) is 3. The van der Waals surface area contributed by atoms with E-state index in [-0.39, 0.29) is 6.10 Å². The predicted molar refractivity (Wildman–Crippen MR) is 67.0 cm³/mol. The molecule has 0 unspecified atom stereocenters. The number of pyridine rings is 1. The van der Waals surface area contributed by atoms with Crippen LogP contribution in [0.2, 0.25) is 0 Å². The molecule has 2 aromatic rings. The summed E-state index contributed by atoms with van der Waals surface area (Å²) in [6, 6.07) is 3.66. The molecule has 0 aromatic carbocycles. The van der Waals surface area contributed by atoms with Crippen molar-refractivity contribution >= 4 is 18.8 Å². The van der Waals surface area contributed by atoms with Crippen molar-refractivity contribution in [2.45, 2.75) is 32.5 Å². The lowest BCUT2D eigenvalue weighted by Gasteiger charge is -2.26. The quantitative estimate of drug-likeness (QED) is 0.788. The van der Waals surface area contributed by atoms with Gasteiger partial charge in [0.2, 0.25) is 0 Å². The molecule has 5 heteroatoms. The Labute approximate surface area is 102 Å². The summed E-state index contributed by atoms with van der Waals surface area (Å²) in [7, 11) is 5.73. The molecule has 0 spiro atoms. The van der Waals surface area contributed by atoms with Crippen LogP contribution >= 0.6 is 0 Å². The molecule has 88 valence electrons. The van der Waals surface area contributed by atoms with E-state index in [0.29, 0.717) is 11.2 Å². The maximum atomic E-state index is 9.80. The molecule has 2 rings (SSSR count). The molecule has 0 bridgehead atoms. The Morgan fingerprint density at radius 1 is 1.47 bits per heavy atom. The second kappa shape index (κ2) is 4.07. The van der Waals surface area contributed by atoms with Crippen molar-refractivity contribution in [1.29, 1.82) is 0 Å². The van der Waals surface area contributed by atoms with Crippen LogP contribution in [0.25, 0.3) is 5.52 Å². The Hall–Kier alpha value is -1.49. The molecule has 1 N–H and O–H groups in total. The smallest absolute Gasteiger partial charge is 0.138 e. The van der Waals surface area contributed by atoms with E-state index in [1.54, 1.807) is 30.8 Å². The lowest BCUT2D eigenvalue weighted by Crippen LogP contribution is -2.37. The minimum atomic E-state index is -0.891. The Morgan fingerprint density at radius 2 is 2.18 bits per heavy atom. The standard InChI is InChI=1S/C12H15BN2O2/c1-8(12(2,3)16)17-9-4-5-11-10(13)6-14-15(11)7-9/h4-8,16H,1-3H3/t8-/m0/s1. The van der Waals surface area contributed by atoms with Crippen molar-refractivity contribution < 1.29 is 9.84 Å². The molecule has 0 aliphatic heterocycles. The molecule has 0 aliphatic rings. The second-order valence-electron chi connectivity index (χ2n) is 4.71. The van der Waals surface area contributed by atoms with Gasteiger partial charge in [-0.25, -0.2) is 4.52 Å². The lowest BCUT2D eigenvalue weighted by atomic mass is 9.99. The summed E-state index contributed by atoms with van der Waals surface area (Å²) in [5.41, 5.74) is 0.582. The predicted octanol–water partition coefficient (Wildman–Crippen LogP) is 0.666. The molecule has 2 heterocycles. The lowest BCUT2D eigenvalue weighted by molar-refractivity contribution is -0.0243. The SMILES string of the molecule is [B]c1cnn2cc(O[C@@H](C)C(C)(C)O)ccc12. The largest absolute Gasteiger partial charge is 0.486 e. The van der Waals surface area contributed by atoms with Gasteiger partial charge in [-0.3, -0.25) is 0 Å². The molecular formula is C12H15BN2O2. The zero-order valence-corrected chi connectivity index (χ0v) is 10.2. The van der Waals surface area contributed by atoms with Gasteiger partial charge in [-0.05, 0) is 32.9 Å². The van der Waals surface area contributed by atoms with Gasteiger partial charge in [0, 0.05) is 6.20 Å². The van der Waals surface area contributed by atoms with Gasteiger partial charge in [-0.1, -0.05) is 5.46 Å². The van der Waals surface area contributed by atoms with Gasteiger partial charge < -0.3 is 9.84 Å². The third kappa shape index (κ3) is 2.44. The second-order valence-corrected chi connectivity index (χ2v) is 4.71. The van der Waals surface area contributed by atoms with Gasteiger partial charge in [-0.15, -0.1) is 0 Å². The van der Waals surface area contributed by atoms with Gasteiger partial charge in [0.05, 0.1) is 17.3 Å². The van der Waals surface area contributed by atoms with E-state index < -0.39 is 5.60 Å². The molecule has 0 saturated carbocycles. The highest BCUT2D eigenvalue weighted by Crippen LogP contribution is 2.18. The maximum Gasteiger partial charge on any atom is 0.138 e. The van der Waals surface area contributed by atoms with Crippen LogP contribution in [0.15, 0.2) is 24.5 Å². The van der Waals surface area contributed by atoms with Crippen LogP contribution < -0.4 is 10.2 Å². The normalized spacial score (nSPS) is 13.9. The third-order valence-electron chi connectivity index (χ3n) is 2.83. The summed E-state index contributed by atoms with van der Waals surface area (Å²) in [4.78, 5) is 0. The molecule has 0 saturated heterocycles. The summed E-state index contributed by atoms with van der Waals surface area (Å²) in [5, 5.41) is 13.9. The minimum absolute atomic E-state index is 0.312. The molecule has 4 nitrogen and oxygen atoms in total. The first-order valence-corrected chi connectivity index (χ1v) is 5.50. The van der Waals surface area contributed by atoms with Crippen LogP contribution in [0.3, 0.4) is 0 Å². The van der Waals surface area contributed by atoms with Crippen molar-refractivity contribution in [2.75, 3.05) is 0 Å². The number of rotatable bonds is 3. The Morgan fingerprint density at radius 3 is 2.82 bits per heavy atom. The monoisotopic (exact) mass is 230 g/mol. The summed E-state index contributed by atoms with van der Waals surface area (Å²) < 4.78 is 7.30. The fourth-order valence-corrected chi connectivity index (χ4v) is 1.40. The summed E-state index contributed by atoms with van der Waals surface area (Å²) in [6.07, 6.45) is 3.03. The Kier molecular flexibility index (Phi) is 2.87. The Balaban J connectivity index is 2.25. The molecule has 0 aliphatic carbocycles. The highest BCUT2D eigenvalue weighted by Gasteiger charge is 2.24. The Bertz CT molecular complexity index is 531. The molecular weight excluding hydrogens is 215 g/mol. The minimum Gasteiger partial charge on any atom is -0.486 e. The van der Waals surface area contributed by atoms with E-state index >= 15 is 0 Å². The first kappa shape index (κ1) is 12.0. The number of aliphatic hydroxyl groups is 1. The summed E-state index contributed by atoms with van der Waals surface area (Å²) >= 11 is 0. The third-order valence-corrected chi connectivity index (χ3v) is 2.83. The highest BCUT2D eigenvalue weighted by molar-refractivity contribution is 6.36. The molecule has 2 aromatic heterocycles. The first-order valence-electron chi connectivity index (χ1n) is 5.50. The zero-order chi connectivity index (χ0) is 12.6. The molecule has 0 amide bonds. The van der Waals surface area contributed by atoms with Crippen LogP contribution in [-0.2, 0) is 0 Å². The topological polar surface area (TPSA) is 46.8 Å². The van der Waals surface area contributed by atoms with E-state index in [1.165, 1.54) is 0 Å². The first-order chi connectivity index (χ1) is 7.88. The average Bonchev–Trinajstić information content (AvgIpc) is 2.59. The number of aromatic nitrogens is 2. The fourth-order valence-electron chi connectivity index (χ4n) is 1.40. The van der Waals surface area contributed by atoms with E-state index in [4.69, 9.17) is 12.6 Å². The summed E-state index contributed by atoms with van der Waals surface area (Å²) in [5.74, 6) is 0.648. The van der Waals surface area contributed by atoms with Crippen LogP contribution in [0.1, 0.15) is 20.8 Å². The van der Waals surface area contributed by atoms with Crippen LogP contribution in [0, 0.1) is 0 Å². The van der Waals surface area contributed by atoms with Crippen LogP contribution in [0.4, 0.5) is 0 Å². The average molecular weight is 230 g/mol. The zero-order valence-electron chi connectivity index (χ0n) is 10.2. The number of fused-ring (bicyclic) bond motifs is 1. The number of hydrogen-bond donors (Lipinski definition) is 1. The van der Waals surface area contributed by atoms with E-state index in [1.807, 2.05) is 19.1 Å². The summed E-state index contributed by atoms with van der Waals surface area (Å²) in [6.45, 7) is 5.24. The van der Waals surface area contributed by atoms with Crippen LogP contribution in [-0.4, -0.2) is 34.3 Å². The van der Waals surface area contributed by atoms with Crippen molar-refractivity contribution in [1.82, 2.24) is 9.61 Å². The van der Waals surface area contributed by atoms with Gasteiger partial charge in [-0.2, -0.15) is 5.10 Å². The molecule has 17 heavy (non-hydrogen) atoms. The van der Waals surface area contributed by atoms with Crippen molar-refractivity contribution in [3.05, 3.63) is 24.5 Å². The molecule has 0 fully saturated rings. The maximum absolute atomic E-state index is 9.80. The fraction of sp³-hybridized carbons (Fsp3) is 0.417. The van der Waals surface area contributed by atoms with Gasteiger partial charge >= 0.3 is 0 Å². The van der Waals surface area contributed by atoms with Crippen LogP contribution in [0.5, 0.6) is 5.75 Å². The molecule has 2 radical (unpaired) electrons. The number of ether oxygens (including phenoxy) is 1. The van der Waals surface area contributed by atoms with Gasteiger partial charge in [0.15, 0.2) is 0 Å². The van der Waals surface area contributed by atoms with Crippen molar-refractivity contribution in [3.63, 3.8) is 0 Å². The van der Waals surface area contributed by atoms with E-state index in [2.05, 4.69) is 5.10 Å². The van der Waals surface area contributed by atoms with E-state index in [9.17, 15) is 5.11 Å². The van der Waals surface area contributed by atoms with Gasteiger partial charge in [0.1, 0.15) is 19.7 Å². The van der Waals surface area contributed by atoms with Crippen molar-refractivity contribution in [2.24, 2.45) is 0 Å². The molecule has 1 atom stereocenters.